The molecule has 1 aromatic carbocycles. The summed E-state index contributed by atoms with van der Waals surface area (Å²) in [5.41, 5.74) is 3.21. The number of aryl methyl sites for hydroxylation is 3. The van der Waals surface area contributed by atoms with Gasteiger partial charge in [-0.1, -0.05) is 17.7 Å². The summed E-state index contributed by atoms with van der Waals surface area (Å²) in [6, 6.07) is 7.31. The molecule has 0 aliphatic carbocycles. The SMILES string of the molecule is Cc1cc(C)c(S(=O)(=O)NCCc2nnc(-c3cccnc3)o2)c(C)c1. The van der Waals surface area contributed by atoms with E-state index < -0.39 is 10.0 Å². The monoisotopic (exact) mass is 372 g/mol. The molecule has 0 spiro atoms. The van der Waals surface area contributed by atoms with Crippen LogP contribution in [-0.4, -0.2) is 30.1 Å². The molecule has 8 heteroatoms. The van der Waals surface area contributed by atoms with Gasteiger partial charge in [0.05, 0.1) is 10.5 Å². The second kappa shape index (κ2) is 7.35. The highest BCUT2D eigenvalue weighted by atomic mass is 32.2. The van der Waals surface area contributed by atoms with E-state index in [0.717, 1.165) is 22.3 Å². The summed E-state index contributed by atoms with van der Waals surface area (Å²) in [6.07, 6.45) is 3.59. The Morgan fingerprint density at radius 2 is 1.85 bits per heavy atom. The number of pyridine rings is 1. The lowest BCUT2D eigenvalue weighted by molar-refractivity contribution is 0.501. The first-order valence-corrected chi connectivity index (χ1v) is 9.65. The van der Waals surface area contributed by atoms with Crippen LogP contribution in [0, 0.1) is 20.8 Å². The normalized spacial score (nSPS) is 11.7. The Bertz CT molecular complexity index is 991. The summed E-state index contributed by atoms with van der Waals surface area (Å²) in [5.74, 6) is 0.727. The Kier molecular flexibility index (Phi) is 5.15. The van der Waals surface area contributed by atoms with Crippen LogP contribution in [0.15, 0.2) is 46.0 Å². The number of nitrogens with one attached hydrogen (secondary N) is 1. The van der Waals surface area contributed by atoms with E-state index >= 15 is 0 Å². The lowest BCUT2D eigenvalue weighted by atomic mass is 10.1. The molecule has 2 aromatic heterocycles. The molecule has 0 saturated heterocycles. The fourth-order valence-electron chi connectivity index (χ4n) is 2.92. The quantitative estimate of drug-likeness (QED) is 0.714. The molecule has 2 heterocycles. The number of nitrogens with zero attached hydrogens (tertiary/aromatic N) is 3. The molecule has 0 bridgehead atoms. The van der Waals surface area contributed by atoms with E-state index in [9.17, 15) is 8.42 Å². The van der Waals surface area contributed by atoms with Gasteiger partial charge in [-0.2, -0.15) is 0 Å². The zero-order valence-electron chi connectivity index (χ0n) is 14.9. The van der Waals surface area contributed by atoms with Crippen molar-refractivity contribution >= 4 is 10.0 Å². The van der Waals surface area contributed by atoms with Crippen LogP contribution in [0.4, 0.5) is 0 Å². The largest absolute Gasteiger partial charge is 0.421 e. The third kappa shape index (κ3) is 3.97. The Hall–Kier alpha value is -2.58. The van der Waals surface area contributed by atoms with Crippen LogP contribution < -0.4 is 4.72 Å². The first kappa shape index (κ1) is 18.2. The number of aromatic nitrogens is 3. The predicted octanol–water partition coefficient (Wildman–Crippen LogP) is 2.58. The van der Waals surface area contributed by atoms with Crippen molar-refractivity contribution < 1.29 is 12.8 Å². The molecule has 0 atom stereocenters. The van der Waals surface area contributed by atoms with Crippen molar-refractivity contribution in [3.63, 3.8) is 0 Å². The van der Waals surface area contributed by atoms with E-state index in [1.807, 2.05) is 25.1 Å². The molecule has 0 radical (unpaired) electrons. The number of hydrogen-bond acceptors (Lipinski definition) is 6. The van der Waals surface area contributed by atoms with Crippen molar-refractivity contribution in [3.05, 3.63) is 59.2 Å². The Labute approximate surface area is 152 Å². The van der Waals surface area contributed by atoms with Crippen LogP contribution in [0.2, 0.25) is 0 Å². The van der Waals surface area contributed by atoms with Gasteiger partial charge in [0.25, 0.3) is 0 Å². The molecular formula is C18H20N4O3S. The van der Waals surface area contributed by atoms with Gasteiger partial charge in [-0.05, 0) is 44.0 Å². The van der Waals surface area contributed by atoms with Crippen molar-refractivity contribution in [1.82, 2.24) is 19.9 Å². The molecule has 7 nitrogen and oxygen atoms in total. The van der Waals surface area contributed by atoms with Crippen LogP contribution in [0.1, 0.15) is 22.6 Å². The van der Waals surface area contributed by atoms with Gasteiger partial charge in [0.2, 0.25) is 21.8 Å². The number of benzene rings is 1. The molecule has 0 aliphatic rings. The molecule has 3 rings (SSSR count). The Morgan fingerprint density at radius 1 is 1.12 bits per heavy atom. The lowest BCUT2D eigenvalue weighted by Gasteiger charge is -2.12. The third-order valence-corrected chi connectivity index (χ3v) is 5.65. The number of rotatable bonds is 6. The van der Waals surface area contributed by atoms with Crippen molar-refractivity contribution in [3.8, 4) is 11.5 Å². The highest BCUT2D eigenvalue weighted by molar-refractivity contribution is 7.89. The summed E-state index contributed by atoms with van der Waals surface area (Å²) in [7, 11) is -3.60. The third-order valence-electron chi connectivity index (χ3n) is 3.88. The minimum absolute atomic E-state index is 0.170. The smallest absolute Gasteiger partial charge is 0.249 e. The van der Waals surface area contributed by atoms with Crippen LogP contribution in [-0.2, 0) is 16.4 Å². The molecule has 26 heavy (non-hydrogen) atoms. The molecule has 3 aromatic rings. The minimum atomic E-state index is -3.60. The molecule has 0 amide bonds. The second-order valence-corrected chi connectivity index (χ2v) is 7.82. The molecule has 136 valence electrons. The van der Waals surface area contributed by atoms with Crippen LogP contribution in [0.5, 0.6) is 0 Å². The van der Waals surface area contributed by atoms with Gasteiger partial charge in [-0.25, -0.2) is 13.1 Å². The van der Waals surface area contributed by atoms with Gasteiger partial charge in [0.15, 0.2) is 0 Å². The number of sulfonamides is 1. The summed E-state index contributed by atoms with van der Waals surface area (Å²) in [5, 5.41) is 7.92. The van der Waals surface area contributed by atoms with Crippen LogP contribution in [0.25, 0.3) is 11.5 Å². The van der Waals surface area contributed by atoms with Crippen molar-refractivity contribution in [2.75, 3.05) is 6.54 Å². The van der Waals surface area contributed by atoms with Gasteiger partial charge >= 0.3 is 0 Å². The Balaban J connectivity index is 1.68. The summed E-state index contributed by atoms with van der Waals surface area (Å²) in [4.78, 5) is 4.33. The predicted molar refractivity (Wildman–Crippen MR) is 97.1 cm³/mol. The molecule has 0 fully saturated rings. The van der Waals surface area contributed by atoms with Gasteiger partial charge in [-0.3, -0.25) is 4.98 Å². The van der Waals surface area contributed by atoms with E-state index in [1.54, 1.807) is 32.3 Å². The fraction of sp³-hybridized carbons (Fsp3) is 0.278. The summed E-state index contributed by atoms with van der Waals surface area (Å²) >= 11 is 0. The summed E-state index contributed by atoms with van der Waals surface area (Å²) in [6.45, 7) is 5.71. The van der Waals surface area contributed by atoms with E-state index in [0.29, 0.717) is 23.1 Å². The number of hydrogen-bond donors (Lipinski definition) is 1. The van der Waals surface area contributed by atoms with Crippen LogP contribution >= 0.6 is 0 Å². The molecular weight excluding hydrogens is 352 g/mol. The van der Waals surface area contributed by atoms with Gasteiger partial charge in [0, 0.05) is 25.4 Å². The van der Waals surface area contributed by atoms with E-state index in [-0.39, 0.29) is 6.54 Å². The molecule has 1 N–H and O–H groups in total. The van der Waals surface area contributed by atoms with Crippen molar-refractivity contribution in [2.45, 2.75) is 32.1 Å². The first-order valence-electron chi connectivity index (χ1n) is 8.17. The molecule has 0 unspecified atom stereocenters. The van der Waals surface area contributed by atoms with Crippen molar-refractivity contribution in [1.29, 1.82) is 0 Å². The highest BCUT2D eigenvalue weighted by Gasteiger charge is 2.20. The lowest BCUT2D eigenvalue weighted by Crippen LogP contribution is -2.27. The maximum absolute atomic E-state index is 12.6. The fourth-order valence-corrected chi connectivity index (χ4v) is 4.40. The second-order valence-electron chi connectivity index (χ2n) is 6.12. The molecule has 0 saturated carbocycles. The summed E-state index contributed by atoms with van der Waals surface area (Å²) < 4.78 is 33.4. The van der Waals surface area contributed by atoms with Crippen molar-refractivity contribution in [2.24, 2.45) is 0 Å². The topological polar surface area (TPSA) is 98.0 Å². The maximum Gasteiger partial charge on any atom is 0.249 e. The zero-order chi connectivity index (χ0) is 18.7. The first-order chi connectivity index (χ1) is 12.4. The average Bonchev–Trinajstić information content (AvgIpc) is 3.03. The zero-order valence-corrected chi connectivity index (χ0v) is 15.7. The van der Waals surface area contributed by atoms with E-state index in [1.165, 1.54) is 0 Å². The van der Waals surface area contributed by atoms with Gasteiger partial charge in [-0.15, -0.1) is 10.2 Å². The average molecular weight is 372 g/mol. The van der Waals surface area contributed by atoms with E-state index in [4.69, 9.17) is 4.42 Å². The Morgan fingerprint density at radius 3 is 2.50 bits per heavy atom. The van der Waals surface area contributed by atoms with Gasteiger partial charge in [0.1, 0.15) is 0 Å². The minimum Gasteiger partial charge on any atom is -0.421 e. The highest BCUT2D eigenvalue weighted by Crippen LogP contribution is 2.21. The maximum atomic E-state index is 12.6. The standard InChI is InChI=1S/C18H20N4O3S/c1-12-9-13(2)17(14(3)10-12)26(23,24)20-8-6-16-21-22-18(25-16)15-5-4-7-19-11-15/h4-5,7,9-11,20H,6,8H2,1-3H3. The van der Waals surface area contributed by atoms with E-state index in [2.05, 4.69) is 19.9 Å². The molecule has 0 aliphatic heterocycles. The van der Waals surface area contributed by atoms with Gasteiger partial charge < -0.3 is 4.42 Å². The van der Waals surface area contributed by atoms with Crippen LogP contribution in [0.3, 0.4) is 0 Å².